The molecule has 1 saturated carbocycles. The third-order valence-corrected chi connectivity index (χ3v) is 3.10. The van der Waals surface area contributed by atoms with Gasteiger partial charge in [0.25, 0.3) is 0 Å². The second kappa shape index (κ2) is 4.09. The highest BCUT2D eigenvalue weighted by Gasteiger charge is 2.34. The molecule has 2 heteroatoms. The summed E-state index contributed by atoms with van der Waals surface area (Å²) in [5.41, 5.74) is 2.47. The van der Waals surface area contributed by atoms with Crippen LogP contribution in [0.2, 0.25) is 0 Å². The zero-order valence-electron chi connectivity index (χ0n) is 8.96. The van der Waals surface area contributed by atoms with E-state index in [4.69, 9.17) is 0 Å². The van der Waals surface area contributed by atoms with Crippen LogP contribution in [0.5, 0.6) is 0 Å². The molecular weight excluding hydrogens is 172 g/mol. The first kappa shape index (κ1) is 9.66. The molecule has 1 fully saturated rings. The summed E-state index contributed by atoms with van der Waals surface area (Å²) in [7, 11) is 0. The Morgan fingerprint density at radius 3 is 3.07 bits per heavy atom. The molecule has 0 bridgehead atoms. The molecule has 2 rings (SSSR count). The molecule has 1 aliphatic carbocycles. The van der Waals surface area contributed by atoms with E-state index in [1.807, 2.05) is 12.3 Å². The van der Waals surface area contributed by atoms with Crippen LogP contribution in [0.1, 0.15) is 31.0 Å². The van der Waals surface area contributed by atoms with Gasteiger partial charge in [-0.1, -0.05) is 19.4 Å². The van der Waals surface area contributed by atoms with Crippen LogP contribution in [-0.2, 0) is 6.54 Å². The Morgan fingerprint density at radius 2 is 2.43 bits per heavy atom. The van der Waals surface area contributed by atoms with Crippen molar-refractivity contribution in [3.63, 3.8) is 0 Å². The summed E-state index contributed by atoms with van der Waals surface area (Å²) in [6.07, 6.45) is 4.52. The Balaban J connectivity index is 1.84. The fraction of sp³-hybridized carbons (Fsp3) is 0.583. The van der Waals surface area contributed by atoms with Crippen molar-refractivity contribution in [3.8, 4) is 0 Å². The number of rotatable bonds is 4. The quantitative estimate of drug-likeness (QED) is 0.788. The number of aromatic nitrogens is 1. The minimum Gasteiger partial charge on any atom is -0.308 e. The zero-order chi connectivity index (χ0) is 9.97. The summed E-state index contributed by atoms with van der Waals surface area (Å²) >= 11 is 0. The molecule has 1 aromatic rings. The van der Waals surface area contributed by atoms with E-state index in [2.05, 4.69) is 30.2 Å². The first-order chi connectivity index (χ1) is 6.81. The maximum atomic E-state index is 4.37. The van der Waals surface area contributed by atoms with Gasteiger partial charge in [-0.3, -0.25) is 4.98 Å². The van der Waals surface area contributed by atoms with Crippen LogP contribution in [0.25, 0.3) is 0 Å². The predicted molar refractivity (Wildman–Crippen MR) is 58.0 cm³/mol. The van der Waals surface area contributed by atoms with Gasteiger partial charge in [0.2, 0.25) is 0 Å². The highest BCUT2D eigenvalue weighted by Crippen LogP contribution is 2.33. The Hall–Kier alpha value is -0.890. The Bertz CT molecular complexity index is 309. The number of hydrogen-bond acceptors (Lipinski definition) is 2. The second-order valence-corrected chi connectivity index (χ2v) is 4.16. The summed E-state index contributed by atoms with van der Waals surface area (Å²) in [6.45, 7) is 5.31. The van der Waals surface area contributed by atoms with Gasteiger partial charge in [-0.2, -0.15) is 0 Å². The molecule has 2 unspecified atom stereocenters. The average molecular weight is 190 g/mol. The number of nitrogens with zero attached hydrogens (tertiary/aromatic N) is 1. The van der Waals surface area contributed by atoms with Crippen molar-refractivity contribution in [2.45, 2.75) is 39.3 Å². The first-order valence-electron chi connectivity index (χ1n) is 5.45. The van der Waals surface area contributed by atoms with Crippen LogP contribution < -0.4 is 5.32 Å². The van der Waals surface area contributed by atoms with E-state index in [1.165, 1.54) is 24.1 Å². The molecule has 14 heavy (non-hydrogen) atoms. The van der Waals surface area contributed by atoms with Gasteiger partial charge in [0.05, 0.1) is 5.69 Å². The lowest BCUT2D eigenvalue weighted by molar-refractivity contribution is 0.614. The molecule has 0 aliphatic heterocycles. The van der Waals surface area contributed by atoms with Crippen LogP contribution in [-0.4, -0.2) is 11.0 Å². The molecule has 0 aromatic carbocycles. The van der Waals surface area contributed by atoms with E-state index in [1.54, 1.807) is 0 Å². The maximum Gasteiger partial charge on any atom is 0.0570 e. The zero-order valence-corrected chi connectivity index (χ0v) is 8.96. The van der Waals surface area contributed by atoms with Crippen molar-refractivity contribution < 1.29 is 0 Å². The van der Waals surface area contributed by atoms with E-state index in [0.29, 0.717) is 0 Å². The number of nitrogens with one attached hydrogen (secondary N) is 1. The van der Waals surface area contributed by atoms with Crippen LogP contribution in [0.15, 0.2) is 18.3 Å². The van der Waals surface area contributed by atoms with Gasteiger partial charge in [-0.05, 0) is 30.9 Å². The molecule has 0 spiro atoms. The number of aryl methyl sites for hydroxylation is 1. The molecule has 76 valence electrons. The Morgan fingerprint density at radius 1 is 1.57 bits per heavy atom. The smallest absolute Gasteiger partial charge is 0.0570 e. The third kappa shape index (κ3) is 2.13. The second-order valence-electron chi connectivity index (χ2n) is 4.16. The maximum absolute atomic E-state index is 4.37. The third-order valence-electron chi connectivity index (χ3n) is 3.10. The lowest BCUT2D eigenvalue weighted by Gasteiger charge is -2.05. The standard InChI is InChI=1S/C12H18N2/c1-3-10-7-11(10)14-8-12-9(2)5-4-6-13-12/h4-6,10-11,14H,3,7-8H2,1-2H3. The molecule has 0 saturated heterocycles. The van der Waals surface area contributed by atoms with Gasteiger partial charge in [-0.25, -0.2) is 0 Å². The highest BCUT2D eigenvalue weighted by molar-refractivity contribution is 5.17. The molecule has 2 atom stereocenters. The Kier molecular flexibility index (Phi) is 2.82. The molecular formula is C12H18N2. The van der Waals surface area contributed by atoms with E-state index in [9.17, 15) is 0 Å². The molecule has 1 aliphatic rings. The topological polar surface area (TPSA) is 24.9 Å². The molecule has 1 N–H and O–H groups in total. The molecule has 1 aromatic heterocycles. The van der Waals surface area contributed by atoms with Gasteiger partial charge in [0.15, 0.2) is 0 Å². The van der Waals surface area contributed by atoms with Gasteiger partial charge in [0, 0.05) is 18.8 Å². The summed E-state index contributed by atoms with van der Waals surface area (Å²) in [4.78, 5) is 4.37. The number of pyridine rings is 1. The molecule has 1 heterocycles. The summed E-state index contributed by atoms with van der Waals surface area (Å²) in [6, 6.07) is 4.86. The fourth-order valence-electron chi connectivity index (χ4n) is 1.88. The van der Waals surface area contributed by atoms with Gasteiger partial charge in [-0.15, -0.1) is 0 Å². The van der Waals surface area contributed by atoms with Gasteiger partial charge in [0.1, 0.15) is 0 Å². The lowest BCUT2D eigenvalue weighted by atomic mass is 10.2. The van der Waals surface area contributed by atoms with Crippen LogP contribution in [0, 0.1) is 12.8 Å². The summed E-state index contributed by atoms with van der Waals surface area (Å²) < 4.78 is 0. The summed E-state index contributed by atoms with van der Waals surface area (Å²) in [5.74, 6) is 0.916. The van der Waals surface area contributed by atoms with Gasteiger partial charge < -0.3 is 5.32 Å². The van der Waals surface area contributed by atoms with Crippen LogP contribution in [0.4, 0.5) is 0 Å². The van der Waals surface area contributed by atoms with Crippen molar-refractivity contribution in [2.75, 3.05) is 0 Å². The SMILES string of the molecule is CCC1CC1NCc1ncccc1C. The van der Waals surface area contributed by atoms with Crippen molar-refractivity contribution in [1.82, 2.24) is 10.3 Å². The molecule has 0 radical (unpaired) electrons. The van der Waals surface area contributed by atoms with E-state index in [0.717, 1.165) is 18.5 Å². The van der Waals surface area contributed by atoms with Crippen molar-refractivity contribution >= 4 is 0 Å². The first-order valence-corrected chi connectivity index (χ1v) is 5.45. The molecule has 2 nitrogen and oxygen atoms in total. The van der Waals surface area contributed by atoms with E-state index in [-0.39, 0.29) is 0 Å². The average Bonchev–Trinajstić information content (AvgIpc) is 2.95. The lowest BCUT2D eigenvalue weighted by Crippen LogP contribution is -2.18. The van der Waals surface area contributed by atoms with E-state index >= 15 is 0 Å². The van der Waals surface area contributed by atoms with Crippen molar-refractivity contribution in [1.29, 1.82) is 0 Å². The fourth-order valence-corrected chi connectivity index (χ4v) is 1.88. The predicted octanol–water partition coefficient (Wildman–Crippen LogP) is 2.28. The normalized spacial score (nSPS) is 25.0. The largest absolute Gasteiger partial charge is 0.308 e. The monoisotopic (exact) mass is 190 g/mol. The minimum absolute atomic E-state index is 0.751. The van der Waals surface area contributed by atoms with Crippen molar-refractivity contribution in [3.05, 3.63) is 29.6 Å². The van der Waals surface area contributed by atoms with Gasteiger partial charge >= 0.3 is 0 Å². The van der Waals surface area contributed by atoms with E-state index < -0.39 is 0 Å². The van der Waals surface area contributed by atoms with Crippen molar-refractivity contribution in [2.24, 2.45) is 5.92 Å². The molecule has 0 amide bonds. The highest BCUT2D eigenvalue weighted by atomic mass is 15.0. The summed E-state index contributed by atoms with van der Waals surface area (Å²) in [5, 5.41) is 3.55. The van der Waals surface area contributed by atoms with Crippen LogP contribution >= 0.6 is 0 Å². The number of hydrogen-bond donors (Lipinski definition) is 1. The Labute approximate surface area is 85.7 Å². The minimum atomic E-state index is 0.751. The van der Waals surface area contributed by atoms with Crippen LogP contribution in [0.3, 0.4) is 0 Å².